The van der Waals surface area contributed by atoms with E-state index in [1.165, 1.54) is 12.0 Å². The maximum atomic E-state index is 4.29. The Labute approximate surface area is 118 Å². The molecule has 0 saturated heterocycles. The fourth-order valence-electron chi connectivity index (χ4n) is 2.32. The second kappa shape index (κ2) is 6.19. The van der Waals surface area contributed by atoms with Crippen molar-refractivity contribution in [2.75, 3.05) is 11.9 Å². The molecule has 0 amide bonds. The van der Waals surface area contributed by atoms with E-state index < -0.39 is 0 Å². The smallest absolute Gasteiger partial charge is 0.142 e. The molecule has 2 aromatic heterocycles. The van der Waals surface area contributed by atoms with E-state index in [1.807, 2.05) is 12.3 Å². The van der Waals surface area contributed by atoms with Gasteiger partial charge < -0.3 is 10.3 Å². The number of hydrogen-bond donors (Lipinski definition) is 2. The van der Waals surface area contributed by atoms with Gasteiger partial charge in [0.2, 0.25) is 0 Å². The SMILES string of the molecule is c1ccc(CCCCNc2ncnc3[nH]ccc23)cc1. The van der Waals surface area contributed by atoms with Crippen LogP contribution in [0.1, 0.15) is 18.4 Å². The number of unbranched alkanes of at least 4 members (excludes halogenated alkanes) is 1. The Morgan fingerprint density at radius 1 is 1.00 bits per heavy atom. The zero-order valence-corrected chi connectivity index (χ0v) is 11.3. The van der Waals surface area contributed by atoms with Crippen molar-refractivity contribution in [3.8, 4) is 0 Å². The highest BCUT2D eigenvalue weighted by molar-refractivity contribution is 5.86. The second-order valence-corrected chi connectivity index (χ2v) is 4.83. The third kappa shape index (κ3) is 2.96. The Morgan fingerprint density at radius 2 is 1.90 bits per heavy atom. The van der Waals surface area contributed by atoms with Crippen molar-refractivity contribution in [1.82, 2.24) is 15.0 Å². The number of aryl methyl sites for hydroxylation is 1. The molecule has 0 bridgehead atoms. The van der Waals surface area contributed by atoms with E-state index in [0.29, 0.717) is 0 Å². The topological polar surface area (TPSA) is 53.6 Å². The number of anilines is 1. The predicted octanol–water partition coefficient (Wildman–Crippen LogP) is 3.39. The molecule has 0 atom stereocenters. The Balaban J connectivity index is 1.47. The van der Waals surface area contributed by atoms with Crippen LogP contribution in [0.4, 0.5) is 5.82 Å². The summed E-state index contributed by atoms with van der Waals surface area (Å²) in [6, 6.07) is 12.6. The molecule has 0 aliphatic heterocycles. The lowest BCUT2D eigenvalue weighted by Crippen LogP contribution is -2.04. The molecule has 102 valence electrons. The minimum absolute atomic E-state index is 0.881. The number of rotatable bonds is 6. The number of benzene rings is 1. The first-order valence-electron chi connectivity index (χ1n) is 6.99. The largest absolute Gasteiger partial charge is 0.369 e. The average molecular weight is 266 g/mol. The zero-order valence-electron chi connectivity index (χ0n) is 11.3. The highest BCUT2D eigenvalue weighted by Crippen LogP contribution is 2.17. The molecule has 20 heavy (non-hydrogen) atoms. The van der Waals surface area contributed by atoms with Gasteiger partial charge in [0.05, 0.1) is 5.39 Å². The van der Waals surface area contributed by atoms with Gasteiger partial charge in [0.25, 0.3) is 0 Å². The maximum absolute atomic E-state index is 4.29. The monoisotopic (exact) mass is 266 g/mol. The van der Waals surface area contributed by atoms with Gasteiger partial charge in [-0.3, -0.25) is 0 Å². The van der Waals surface area contributed by atoms with Gasteiger partial charge >= 0.3 is 0 Å². The molecule has 1 aromatic carbocycles. The molecule has 2 heterocycles. The molecule has 0 unspecified atom stereocenters. The number of nitrogens with zero attached hydrogens (tertiary/aromatic N) is 2. The summed E-state index contributed by atoms with van der Waals surface area (Å²) in [5.41, 5.74) is 2.29. The van der Waals surface area contributed by atoms with Gasteiger partial charge in [0, 0.05) is 12.7 Å². The molecule has 0 aliphatic carbocycles. The normalized spacial score (nSPS) is 10.8. The van der Waals surface area contributed by atoms with Crippen LogP contribution in [0.15, 0.2) is 48.9 Å². The van der Waals surface area contributed by atoms with Gasteiger partial charge in [0.1, 0.15) is 17.8 Å². The van der Waals surface area contributed by atoms with Gasteiger partial charge in [-0.05, 0) is 30.9 Å². The summed E-state index contributed by atoms with van der Waals surface area (Å²) in [6.45, 7) is 0.935. The average Bonchev–Trinajstić information content (AvgIpc) is 2.97. The molecule has 4 nitrogen and oxygen atoms in total. The van der Waals surface area contributed by atoms with Gasteiger partial charge in [-0.25, -0.2) is 9.97 Å². The maximum Gasteiger partial charge on any atom is 0.142 e. The predicted molar refractivity (Wildman–Crippen MR) is 81.8 cm³/mol. The number of fused-ring (bicyclic) bond motifs is 1. The van der Waals surface area contributed by atoms with E-state index in [2.05, 4.69) is 50.6 Å². The van der Waals surface area contributed by atoms with E-state index in [9.17, 15) is 0 Å². The van der Waals surface area contributed by atoms with Crippen LogP contribution in [0.25, 0.3) is 11.0 Å². The number of aromatic nitrogens is 3. The molecule has 2 N–H and O–H groups in total. The van der Waals surface area contributed by atoms with Crippen molar-refractivity contribution >= 4 is 16.9 Å². The molecule has 0 aliphatic rings. The summed E-state index contributed by atoms with van der Waals surface area (Å²) in [7, 11) is 0. The summed E-state index contributed by atoms with van der Waals surface area (Å²) in [5, 5.41) is 4.44. The summed E-state index contributed by atoms with van der Waals surface area (Å²) in [4.78, 5) is 11.6. The number of H-pyrrole nitrogens is 1. The number of nitrogens with one attached hydrogen (secondary N) is 2. The zero-order chi connectivity index (χ0) is 13.6. The minimum Gasteiger partial charge on any atom is -0.369 e. The van der Waals surface area contributed by atoms with Crippen molar-refractivity contribution in [3.05, 3.63) is 54.5 Å². The van der Waals surface area contributed by atoms with Gasteiger partial charge in [-0.2, -0.15) is 0 Å². The summed E-state index contributed by atoms with van der Waals surface area (Å²) < 4.78 is 0. The summed E-state index contributed by atoms with van der Waals surface area (Å²) >= 11 is 0. The molecular weight excluding hydrogens is 248 g/mol. The van der Waals surface area contributed by atoms with Crippen LogP contribution in [0.3, 0.4) is 0 Å². The Hall–Kier alpha value is -2.36. The highest BCUT2D eigenvalue weighted by atomic mass is 15.0. The van der Waals surface area contributed by atoms with Crippen LogP contribution in [-0.2, 0) is 6.42 Å². The van der Waals surface area contributed by atoms with Crippen LogP contribution in [0, 0.1) is 0 Å². The molecule has 0 fully saturated rings. The minimum atomic E-state index is 0.881. The van der Waals surface area contributed by atoms with E-state index in [4.69, 9.17) is 0 Å². The molecule has 3 aromatic rings. The van der Waals surface area contributed by atoms with Crippen molar-refractivity contribution < 1.29 is 0 Å². The van der Waals surface area contributed by atoms with Crippen LogP contribution < -0.4 is 5.32 Å². The first-order valence-corrected chi connectivity index (χ1v) is 6.99. The lowest BCUT2D eigenvalue weighted by atomic mass is 10.1. The molecule has 0 radical (unpaired) electrons. The van der Waals surface area contributed by atoms with Crippen molar-refractivity contribution in [2.24, 2.45) is 0 Å². The van der Waals surface area contributed by atoms with Crippen molar-refractivity contribution in [1.29, 1.82) is 0 Å². The van der Waals surface area contributed by atoms with E-state index in [-0.39, 0.29) is 0 Å². The second-order valence-electron chi connectivity index (χ2n) is 4.83. The summed E-state index contributed by atoms with van der Waals surface area (Å²) in [5.74, 6) is 0.913. The molecule has 4 heteroatoms. The summed E-state index contributed by atoms with van der Waals surface area (Å²) in [6.07, 6.45) is 6.92. The van der Waals surface area contributed by atoms with Gasteiger partial charge in [0.15, 0.2) is 0 Å². The standard InChI is InChI=1S/C16H18N4/c1-2-6-13(7-3-1)8-4-5-10-17-15-14-9-11-18-16(14)20-12-19-15/h1-3,6-7,9,11-12H,4-5,8,10H2,(H2,17,18,19,20). The molecular formula is C16H18N4. The Morgan fingerprint density at radius 3 is 2.80 bits per heavy atom. The Kier molecular flexibility index (Phi) is 3.92. The van der Waals surface area contributed by atoms with E-state index >= 15 is 0 Å². The highest BCUT2D eigenvalue weighted by Gasteiger charge is 2.02. The lowest BCUT2D eigenvalue weighted by molar-refractivity contribution is 0.762. The number of hydrogen-bond acceptors (Lipinski definition) is 3. The van der Waals surface area contributed by atoms with Gasteiger partial charge in [-0.15, -0.1) is 0 Å². The molecule has 3 rings (SSSR count). The van der Waals surface area contributed by atoms with Crippen molar-refractivity contribution in [3.63, 3.8) is 0 Å². The van der Waals surface area contributed by atoms with Gasteiger partial charge in [-0.1, -0.05) is 30.3 Å². The third-order valence-corrected chi connectivity index (χ3v) is 3.38. The van der Waals surface area contributed by atoms with E-state index in [1.54, 1.807) is 6.33 Å². The molecule has 0 saturated carbocycles. The quantitative estimate of drug-likeness (QED) is 0.672. The fraction of sp³-hybridized carbons (Fsp3) is 0.250. The van der Waals surface area contributed by atoms with Crippen LogP contribution in [0.5, 0.6) is 0 Å². The fourth-order valence-corrected chi connectivity index (χ4v) is 2.32. The van der Waals surface area contributed by atoms with Crippen LogP contribution >= 0.6 is 0 Å². The first kappa shape index (κ1) is 12.7. The van der Waals surface area contributed by atoms with Crippen LogP contribution in [0.2, 0.25) is 0 Å². The van der Waals surface area contributed by atoms with Crippen molar-refractivity contribution in [2.45, 2.75) is 19.3 Å². The Bertz CT molecular complexity index is 660. The van der Waals surface area contributed by atoms with Crippen LogP contribution in [-0.4, -0.2) is 21.5 Å². The first-order chi connectivity index (χ1) is 9.93. The van der Waals surface area contributed by atoms with E-state index in [0.717, 1.165) is 36.2 Å². The third-order valence-electron chi connectivity index (χ3n) is 3.38. The molecule has 0 spiro atoms. The number of aromatic amines is 1. The lowest BCUT2D eigenvalue weighted by Gasteiger charge is -2.06.